The molecule has 0 spiro atoms. The second-order valence-electron chi connectivity index (χ2n) is 7.26. The highest BCUT2D eigenvalue weighted by Crippen LogP contribution is 2.46. The Morgan fingerprint density at radius 2 is 1.55 bits per heavy atom. The fourth-order valence-electron chi connectivity index (χ4n) is 4.22. The standard InChI is InChI=1S/C25H26FNO2.2C2H6/c1-4-19-16-17-27(22-13-11-21(26)12-14-22)25(3,23(19)5-2)20-9-6-18(7-10-20)8-15-24(28)29;2*1-2/h4-15H,16-17H2,1-3H3,(H,28,29);2*1-2H3/b15-8+,19-4-,23-5+;;. The van der Waals surface area contributed by atoms with E-state index in [4.69, 9.17) is 5.11 Å². The van der Waals surface area contributed by atoms with E-state index in [1.807, 2.05) is 64.1 Å². The number of anilines is 1. The normalized spacial score (nSPS) is 20.2. The maximum absolute atomic E-state index is 13.5. The molecule has 1 unspecified atom stereocenters. The van der Waals surface area contributed by atoms with E-state index in [1.165, 1.54) is 23.3 Å². The fraction of sp³-hybridized carbons (Fsp3) is 0.345. The predicted molar refractivity (Wildman–Crippen MR) is 139 cm³/mol. The van der Waals surface area contributed by atoms with Crippen molar-refractivity contribution < 1.29 is 14.3 Å². The Balaban J connectivity index is 0.00000129. The zero-order chi connectivity index (χ0) is 25.0. The van der Waals surface area contributed by atoms with Crippen molar-refractivity contribution in [3.05, 3.63) is 94.8 Å². The fourth-order valence-corrected chi connectivity index (χ4v) is 4.22. The maximum Gasteiger partial charge on any atom is 0.328 e. The van der Waals surface area contributed by atoms with Gasteiger partial charge in [0.1, 0.15) is 5.82 Å². The molecule has 3 rings (SSSR count). The van der Waals surface area contributed by atoms with Crippen LogP contribution in [0.25, 0.3) is 6.08 Å². The van der Waals surface area contributed by atoms with Gasteiger partial charge in [-0.1, -0.05) is 64.1 Å². The second kappa shape index (κ2) is 13.4. The van der Waals surface area contributed by atoms with Gasteiger partial charge in [0.2, 0.25) is 0 Å². The monoisotopic (exact) mass is 451 g/mol. The molecule has 3 nitrogen and oxygen atoms in total. The first-order valence-electron chi connectivity index (χ1n) is 11.8. The average molecular weight is 452 g/mol. The van der Waals surface area contributed by atoms with Crippen molar-refractivity contribution in [2.75, 3.05) is 11.4 Å². The molecule has 2 aromatic rings. The molecule has 0 saturated carbocycles. The van der Waals surface area contributed by atoms with Crippen molar-refractivity contribution in [2.45, 2.75) is 60.4 Å². The van der Waals surface area contributed by atoms with E-state index in [0.29, 0.717) is 0 Å². The minimum atomic E-state index is -0.968. The summed E-state index contributed by atoms with van der Waals surface area (Å²) in [6.07, 6.45) is 7.96. The summed E-state index contributed by atoms with van der Waals surface area (Å²) in [7, 11) is 0. The minimum absolute atomic E-state index is 0.248. The Kier molecular flexibility index (Phi) is 11.3. The molecule has 1 fully saturated rings. The lowest BCUT2D eigenvalue weighted by Gasteiger charge is -2.49. The summed E-state index contributed by atoms with van der Waals surface area (Å²) in [5.41, 5.74) is 5.01. The molecule has 33 heavy (non-hydrogen) atoms. The van der Waals surface area contributed by atoms with E-state index >= 15 is 0 Å². The van der Waals surface area contributed by atoms with Gasteiger partial charge in [0.05, 0.1) is 5.54 Å². The summed E-state index contributed by atoms with van der Waals surface area (Å²) >= 11 is 0. The molecule has 2 aromatic carbocycles. The van der Waals surface area contributed by atoms with E-state index in [0.717, 1.165) is 35.9 Å². The zero-order valence-electron chi connectivity index (χ0n) is 21.0. The molecule has 1 atom stereocenters. The number of carbonyl (C=O) groups is 1. The number of allylic oxidation sites excluding steroid dienone is 2. The number of piperidine rings is 1. The van der Waals surface area contributed by atoms with Gasteiger partial charge in [0.25, 0.3) is 0 Å². The molecule has 1 N–H and O–H groups in total. The largest absolute Gasteiger partial charge is 0.478 e. The number of halogens is 1. The molecule has 0 amide bonds. The molecule has 0 bridgehead atoms. The molecular formula is C29H38FNO2. The number of nitrogens with zero attached hydrogens (tertiary/aromatic N) is 1. The van der Waals surface area contributed by atoms with Crippen molar-refractivity contribution in [3.8, 4) is 0 Å². The molecular weight excluding hydrogens is 413 g/mol. The van der Waals surface area contributed by atoms with E-state index < -0.39 is 11.5 Å². The number of rotatable bonds is 4. The summed E-state index contributed by atoms with van der Waals surface area (Å²) in [4.78, 5) is 13.1. The van der Waals surface area contributed by atoms with Crippen molar-refractivity contribution in [2.24, 2.45) is 0 Å². The molecule has 0 radical (unpaired) electrons. The first-order valence-corrected chi connectivity index (χ1v) is 11.8. The van der Waals surface area contributed by atoms with Crippen LogP contribution in [0.1, 0.15) is 66.0 Å². The summed E-state index contributed by atoms with van der Waals surface area (Å²) < 4.78 is 13.5. The summed E-state index contributed by atoms with van der Waals surface area (Å²) in [6, 6.07) is 14.6. The Morgan fingerprint density at radius 1 is 0.970 bits per heavy atom. The average Bonchev–Trinajstić information content (AvgIpc) is 2.86. The number of aliphatic carboxylic acids is 1. The molecule has 0 aliphatic carbocycles. The van der Waals surface area contributed by atoms with Gasteiger partial charge in [-0.2, -0.15) is 0 Å². The third-order valence-electron chi connectivity index (χ3n) is 5.68. The van der Waals surface area contributed by atoms with Gasteiger partial charge < -0.3 is 10.0 Å². The number of benzene rings is 2. The van der Waals surface area contributed by atoms with Crippen LogP contribution in [0.4, 0.5) is 10.1 Å². The topological polar surface area (TPSA) is 40.5 Å². The van der Waals surface area contributed by atoms with Crippen LogP contribution in [-0.4, -0.2) is 17.6 Å². The molecule has 1 aliphatic rings. The first kappa shape index (κ1) is 27.9. The molecule has 0 aromatic heterocycles. The van der Waals surface area contributed by atoms with Gasteiger partial charge in [0, 0.05) is 18.3 Å². The molecule has 1 saturated heterocycles. The lowest BCUT2D eigenvalue weighted by atomic mass is 9.74. The Morgan fingerprint density at radius 3 is 2.03 bits per heavy atom. The van der Waals surface area contributed by atoms with Gasteiger partial charge in [-0.05, 0) is 79.8 Å². The van der Waals surface area contributed by atoms with Crippen molar-refractivity contribution >= 4 is 17.7 Å². The lowest BCUT2D eigenvalue weighted by molar-refractivity contribution is -0.131. The van der Waals surface area contributed by atoms with E-state index in [1.54, 1.807) is 6.08 Å². The highest BCUT2D eigenvalue weighted by molar-refractivity contribution is 5.85. The molecule has 4 heteroatoms. The highest BCUT2D eigenvalue weighted by Gasteiger charge is 2.41. The number of hydrogen-bond donors (Lipinski definition) is 1. The van der Waals surface area contributed by atoms with Crippen molar-refractivity contribution in [3.63, 3.8) is 0 Å². The quantitative estimate of drug-likeness (QED) is 0.479. The van der Waals surface area contributed by atoms with Crippen LogP contribution >= 0.6 is 0 Å². The second-order valence-corrected chi connectivity index (χ2v) is 7.26. The van der Waals surface area contributed by atoms with E-state index in [9.17, 15) is 9.18 Å². The molecule has 1 aliphatic heterocycles. The van der Waals surface area contributed by atoms with Crippen LogP contribution in [-0.2, 0) is 10.3 Å². The summed E-state index contributed by atoms with van der Waals surface area (Å²) in [6.45, 7) is 15.1. The first-order chi connectivity index (χ1) is 15.9. The van der Waals surface area contributed by atoms with E-state index in [-0.39, 0.29) is 5.82 Å². The number of hydrogen-bond acceptors (Lipinski definition) is 2. The number of carboxylic acid groups (broad SMARTS) is 1. The van der Waals surface area contributed by atoms with Crippen LogP contribution in [0, 0.1) is 5.82 Å². The van der Waals surface area contributed by atoms with Crippen LogP contribution in [0.2, 0.25) is 0 Å². The van der Waals surface area contributed by atoms with Crippen LogP contribution in [0.5, 0.6) is 0 Å². The van der Waals surface area contributed by atoms with Crippen LogP contribution in [0.15, 0.2) is 77.9 Å². The van der Waals surface area contributed by atoms with Crippen molar-refractivity contribution in [1.82, 2.24) is 0 Å². The summed E-state index contributed by atoms with van der Waals surface area (Å²) in [5, 5.41) is 8.84. The van der Waals surface area contributed by atoms with Crippen LogP contribution < -0.4 is 4.90 Å². The predicted octanol–water partition coefficient (Wildman–Crippen LogP) is 7.99. The van der Waals surface area contributed by atoms with Gasteiger partial charge in [-0.25, -0.2) is 9.18 Å². The minimum Gasteiger partial charge on any atom is -0.478 e. The SMILES string of the molecule is C/C=C1/CCN(c2ccc(F)cc2)C(C)(c2ccc(/C=C/C(=O)O)cc2)/C1=C/C.CC.CC. The lowest BCUT2D eigenvalue weighted by Crippen LogP contribution is -2.50. The van der Waals surface area contributed by atoms with Gasteiger partial charge in [0.15, 0.2) is 0 Å². The van der Waals surface area contributed by atoms with Crippen LogP contribution in [0.3, 0.4) is 0 Å². The highest BCUT2D eigenvalue weighted by atomic mass is 19.1. The third kappa shape index (κ3) is 6.44. The Labute approximate surface area is 199 Å². The van der Waals surface area contributed by atoms with Gasteiger partial charge in [-0.15, -0.1) is 0 Å². The van der Waals surface area contributed by atoms with Gasteiger partial charge in [-0.3, -0.25) is 0 Å². The van der Waals surface area contributed by atoms with Gasteiger partial charge >= 0.3 is 5.97 Å². The maximum atomic E-state index is 13.5. The Bertz CT molecular complexity index is 972. The third-order valence-corrected chi connectivity index (χ3v) is 5.68. The summed E-state index contributed by atoms with van der Waals surface area (Å²) in [5.74, 6) is -1.22. The van der Waals surface area contributed by atoms with Crippen molar-refractivity contribution in [1.29, 1.82) is 0 Å². The molecule has 178 valence electrons. The smallest absolute Gasteiger partial charge is 0.328 e. The zero-order valence-corrected chi connectivity index (χ0v) is 21.0. The molecule has 1 heterocycles. The number of carboxylic acids is 1. The van der Waals surface area contributed by atoms with E-state index in [2.05, 4.69) is 37.8 Å². The Hall–Kier alpha value is -3.14.